The van der Waals surface area contributed by atoms with Crippen molar-refractivity contribution < 1.29 is 4.42 Å². The Labute approximate surface area is 125 Å². The van der Waals surface area contributed by atoms with E-state index in [1.54, 1.807) is 0 Å². The van der Waals surface area contributed by atoms with Gasteiger partial charge in [0.25, 0.3) is 0 Å². The Morgan fingerprint density at radius 2 is 1.64 bits per heavy atom. The molecule has 102 valence electrons. The lowest BCUT2D eigenvalue weighted by atomic mass is 10.00. The average Bonchev–Trinajstić information content (AvgIpc) is 3.11. The molecule has 6 rings (SSSR count). The van der Waals surface area contributed by atoms with Gasteiger partial charge in [-0.2, -0.15) is 0 Å². The van der Waals surface area contributed by atoms with E-state index < -0.39 is 0 Å². The Kier molecular flexibility index (Phi) is 1.66. The highest BCUT2D eigenvalue weighted by Gasteiger charge is 2.16. The summed E-state index contributed by atoms with van der Waals surface area (Å²) >= 11 is 0. The maximum Gasteiger partial charge on any atom is 0.136 e. The first kappa shape index (κ1) is 10.7. The van der Waals surface area contributed by atoms with Gasteiger partial charge >= 0.3 is 0 Å². The molecule has 1 N–H and O–H groups in total. The van der Waals surface area contributed by atoms with Crippen molar-refractivity contribution in [3.05, 3.63) is 60.7 Å². The number of furan rings is 1. The van der Waals surface area contributed by atoms with Gasteiger partial charge in [-0.1, -0.05) is 42.5 Å². The molecule has 0 aliphatic rings. The summed E-state index contributed by atoms with van der Waals surface area (Å²) in [5.74, 6) is 0. The number of benzene rings is 4. The Balaban J connectivity index is 2.02. The largest absolute Gasteiger partial charge is 0.456 e. The molecule has 0 unspecified atom stereocenters. The second kappa shape index (κ2) is 3.42. The summed E-state index contributed by atoms with van der Waals surface area (Å²) < 4.78 is 6.13. The molecule has 0 aliphatic carbocycles. The molecule has 0 amide bonds. The Morgan fingerprint density at radius 3 is 2.64 bits per heavy atom. The van der Waals surface area contributed by atoms with E-state index in [1.807, 2.05) is 6.07 Å². The van der Waals surface area contributed by atoms with Crippen LogP contribution in [0.1, 0.15) is 0 Å². The van der Waals surface area contributed by atoms with E-state index in [9.17, 15) is 0 Å². The van der Waals surface area contributed by atoms with Gasteiger partial charge in [0.1, 0.15) is 11.2 Å². The van der Waals surface area contributed by atoms with Gasteiger partial charge in [-0.15, -0.1) is 0 Å². The predicted molar refractivity (Wildman–Crippen MR) is 91.8 cm³/mol. The van der Waals surface area contributed by atoms with Crippen LogP contribution in [0.3, 0.4) is 0 Å². The molecule has 22 heavy (non-hydrogen) atoms. The average molecular weight is 281 g/mol. The minimum Gasteiger partial charge on any atom is -0.456 e. The van der Waals surface area contributed by atoms with Crippen LogP contribution >= 0.6 is 0 Å². The molecular formula is C20H11NO. The van der Waals surface area contributed by atoms with Crippen molar-refractivity contribution in [1.29, 1.82) is 0 Å². The maximum absolute atomic E-state index is 6.13. The van der Waals surface area contributed by atoms with E-state index in [-0.39, 0.29) is 0 Å². The van der Waals surface area contributed by atoms with Crippen molar-refractivity contribution in [2.75, 3.05) is 0 Å². The third-order valence-corrected chi connectivity index (χ3v) is 4.76. The fraction of sp³-hybridized carbons (Fsp3) is 0. The second-order valence-electron chi connectivity index (χ2n) is 5.91. The molecule has 0 bridgehead atoms. The van der Waals surface area contributed by atoms with E-state index in [2.05, 4.69) is 59.6 Å². The zero-order chi connectivity index (χ0) is 14.3. The van der Waals surface area contributed by atoms with Gasteiger partial charge in [-0.25, -0.2) is 0 Å². The molecule has 4 aromatic carbocycles. The summed E-state index contributed by atoms with van der Waals surface area (Å²) in [7, 11) is 0. The van der Waals surface area contributed by atoms with E-state index in [0.717, 1.165) is 11.2 Å². The normalized spacial score (nSPS) is 12.5. The standard InChI is InChI=1S/C20H11NO/c1-2-6-15-12(5-1)14-10-17-19-13(20(14)21-15)9-8-11-4-3-7-16(22-17)18(11)19/h1-10,21H. The molecule has 2 nitrogen and oxygen atoms in total. The van der Waals surface area contributed by atoms with Crippen LogP contribution in [0.2, 0.25) is 0 Å². The van der Waals surface area contributed by atoms with Crippen LogP contribution in [0.25, 0.3) is 54.5 Å². The Morgan fingerprint density at radius 1 is 0.682 bits per heavy atom. The van der Waals surface area contributed by atoms with E-state index in [1.165, 1.54) is 43.4 Å². The fourth-order valence-corrected chi connectivity index (χ4v) is 3.82. The number of hydrogen-bond acceptors (Lipinski definition) is 1. The highest BCUT2D eigenvalue weighted by Crippen LogP contribution is 2.41. The van der Waals surface area contributed by atoms with Gasteiger partial charge in [-0.3, -0.25) is 0 Å². The quantitative estimate of drug-likeness (QED) is 0.350. The van der Waals surface area contributed by atoms with Gasteiger partial charge in [0.15, 0.2) is 0 Å². The molecule has 0 saturated carbocycles. The van der Waals surface area contributed by atoms with Crippen molar-refractivity contribution in [3.8, 4) is 0 Å². The number of hydrogen-bond donors (Lipinski definition) is 1. The molecule has 0 aliphatic heterocycles. The van der Waals surface area contributed by atoms with Gasteiger partial charge < -0.3 is 9.40 Å². The number of aromatic nitrogens is 1. The molecule has 0 radical (unpaired) electrons. The molecule has 6 aromatic rings. The second-order valence-corrected chi connectivity index (χ2v) is 5.91. The van der Waals surface area contributed by atoms with Crippen LogP contribution in [0, 0.1) is 0 Å². The van der Waals surface area contributed by atoms with Crippen molar-refractivity contribution in [3.63, 3.8) is 0 Å². The third kappa shape index (κ3) is 1.10. The first-order valence-corrected chi connectivity index (χ1v) is 7.47. The van der Waals surface area contributed by atoms with Gasteiger partial charge in [0.05, 0.1) is 5.52 Å². The van der Waals surface area contributed by atoms with E-state index in [0.29, 0.717) is 0 Å². The van der Waals surface area contributed by atoms with Gasteiger partial charge in [0, 0.05) is 32.4 Å². The van der Waals surface area contributed by atoms with Crippen LogP contribution in [0.15, 0.2) is 65.1 Å². The number of fused-ring (bicyclic) bond motifs is 4. The van der Waals surface area contributed by atoms with Crippen LogP contribution in [0.5, 0.6) is 0 Å². The lowest BCUT2D eigenvalue weighted by molar-refractivity contribution is 0.670. The molecule has 0 spiro atoms. The third-order valence-electron chi connectivity index (χ3n) is 4.76. The van der Waals surface area contributed by atoms with Crippen molar-refractivity contribution >= 4 is 54.5 Å². The molecular weight excluding hydrogens is 270 g/mol. The number of aromatic amines is 1. The van der Waals surface area contributed by atoms with Crippen LogP contribution in [0.4, 0.5) is 0 Å². The summed E-state index contributed by atoms with van der Waals surface area (Å²) in [5, 5.41) is 7.41. The van der Waals surface area contributed by atoms with Crippen LogP contribution in [-0.4, -0.2) is 4.98 Å². The Bertz CT molecular complexity index is 1320. The first-order chi connectivity index (χ1) is 10.9. The van der Waals surface area contributed by atoms with E-state index >= 15 is 0 Å². The Hall–Kier alpha value is -3.00. The fourth-order valence-electron chi connectivity index (χ4n) is 3.82. The zero-order valence-electron chi connectivity index (χ0n) is 11.7. The summed E-state index contributed by atoms with van der Waals surface area (Å²) in [6, 6.07) is 21.2. The first-order valence-electron chi connectivity index (χ1n) is 7.47. The van der Waals surface area contributed by atoms with Crippen molar-refractivity contribution in [1.82, 2.24) is 4.98 Å². The minimum absolute atomic E-state index is 0.968. The lowest BCUT2D eigenvalue weighted by Gasteiger charge is -2.01. The molecule has 0 fully saturated rings. The summed E-state index contributed by atoms with van der Waals surface area (Å²) in [5.41, 5.74) is 4.31. The summed E-state index contributed by atoms with van der Waals surface area (Å²) in [4.78, 5) is 3.58. The highest BCUT2D eigenvalue weighted by atomic mass is 16.3. The molecule has 0 atom stereocenters. The maximum atomic E-state index is 6.13. The van der Waals surface area contributed by atoms with Crippen LogP contribution < -0.4 is 0 Å². The van der Waals surface area contributed by atoms with Crippen LogP contribution in [-0.2, 0) is 0 Å². The summed E-state index contributed by atoms with van der Waals surface area (Å²) in [6.45, 7) is 0. The number of H-pyrrole nitrogens is 1. The topological polar surface area (TPSA) is 28.9 Å². The zero-order valence-corrected chi connectivity index (χ0v) is 11.7. The highest BCUT2D eigenvalue weighted by molar-refractivity contribution is 6.30. The summed E-state index contributed by atoms with van der Waals surface area (Å²) in [6.07, 6.45) is 0. The minimum atomic E-state index is 0.968. The molecule has 0 saturated heterocycles. The predicted octanol–water partition coefficient (Wildman–Crippen LogP) is 5.81. The SMILES string of the molecule is c1ccc2c(c1)[nH]c1c2cc2oc3cccc4ccc1c2c43. The molecule has 2 heteroatoms. The van der Waals surface area contributed by atoms with Gasteiger partial charge in [-0.05, 0) is 23.6 Å². The lowest BCUT2D eigenvalue weighted by Crippen LogP contribution is -1.78. The van der Waals surface area contributed by atoms with E-state index in [4.69, 9.17) is 4.42 Å². The number of para-hydroxylation sites is 1. The smallest absolute Gasteiger partial charge is 0.136 e. The molecule has 2 aromatic heterocycles. The number of rotatable bonds is 0. The van der Waals surface area contributed by atoms with Crippen molar-refractivity contribution in [2.45, 2.75) is 0 Å². The van der Waals surface area contributed by atoms with Gasteiger partial charge in [0.2, 0.25) is 0 Å². The monoisotopic (exact) mass is 281 g/mol. The van der Waals surface area contributed by atoms with Crippen molar-refractivity contribution in [2.24, 2.45) is 0 Å². The number of nitrogens with one attached hydrogen (secondary N) is 1. The molecule has 2 heterocycles.